The van der Waals surface area contributed by atoms with Gasteiger partial charge in [0.25, 0.3) is 10.1 Å². The number of anilines is 1. The number of nitrogens with one attached hydrogen (secondary N) is 1. The number of carbonyl (C=O) groups excluding carboxylic acids is 1. The highest BCUT2D eigenvalue weighted by molar-refractivity contribution is 7.85. The van der Waals surface area contributed by atoms with Crippen molar-refractivity contribution in [3.8, 4) is 11.8 Å². The van der Waals surface area contributed by atoms with Crippen molar-refractivity contribution in [3.05, 3.63) is 59.2 Å². The second-order valence-electron chi connectivity index (χ2n) is 6.33. The summed E-state index contributed by atoms with van der Waals surface area (Å²) in [5.41, 5.74) is 2.16. The molecule has 0 bridgehead atoms. The molecule has 1 unspecified atom stereocenters. The maximum atomic E-state index is 12.7. The fourth-order valence-corrected chi connectivity index (χ4v) is 3.02. The van der Waals surface area contributed by atoms with E-state index in [1.165, 1.54) is 0 Å². The average molecular weight is 432 g/mol. The molecule has 1 atom stereocenters. The summed E-state index contributed by atoms with van der Waals surface area (Å²) in [4.78, 5) is 12.7. The van der Waals surface area contributed by atoms with Crippen LogP contribution in [0.1, 0.15) is 36.6 Å². The van der Waals surface area contributed by atoms with Crippen LogP contribution in [-0.2, 0) is 30.4 Å². The Kier molecular flexibility index (Phi) is 8.21. The second-order valence-corrected chi connectivity index (χ2v) is 7.97. The highest BCUT2D eigenvalue weighted by atomic mass is 32.2. The SMILES string of the molecule is CCOC(=O)C(Nc1ccc(C#N)cc1)c1cc(COS(C)(=O)=O)cc(OCC)c1. The minimum absolute atomic E-state index is 0.194. The van der Waals surface area contributed by atoms with Crippen molar-refractivity contribution in [2.24, 2.45) is 0 Å². The van der Waals surface area contributed by atoms with Crippen LogP contribution in [-0.4, -0.2) is 33.9 Å². The van der Waals surface area contributed by atoms with Crippen molar-refractivity contribution in [2.45, 2.75) is 26.5 Å². The van der Waals surface area contributed by atoms with Gasteiger partial charge in [0.1, 0.15) is 5.75 Å². The van der Waals surface area contributed by atoms with Crippen LogP contribution in [0, 0.1) is 11.3 Å². The van der Waals surface area contributed by atoms with Gasteiger partial charge in [-0.25, -0.2) is 4.79 Å². The van der Waals surface area contributed by atoms with Crippen molar-refractivity contribution < 1.29 is 26.9 Å². The Morgan fingerprint density at radius 2 is 1.83 bits per heavy atom. The van der Waals surface area contributed by atoms with Crippen LogP contribution in [0.5, 0.6) is 5.75 Å². The van der Waals surface area contributed by atoms with E-state index in [2.05, 4.69) is 5.32 Å². The summed E-state index contributed by atoms with van der Waals surface area (Å²) >= 11 is 0. The van der Waals surface area contributed by atoms with Gasteiger partial charge in [0.05, 0.1) is 37.7 Å². The molecular formula is C21H24N2O6S. The summed E-state index contributed by atoms with van der Waals surface area (Å²) in [5, 5.41) is 12.1. The third-order valence-corrected chi connectivity index (χ3v) is 4.47. The molecule has 0 aliphatic rings. The fourth-order valence-electron chi connectivity index (χ4n) is 2.67. The van der Waals surface area contributed by atoms with Crippen molar-refractivity contribution >= 4 is 21.8 Å². The molecule has 0 amide bonds. The molecule has 2 aromatic carbocycles. The number of rotatable bonds is 10. The second kappa shape index (κ2) is 10.6. The zero-order chi connectivity index (χ0) is 22.1. The lowest BCUT2D eigenvalue weighted by Gasteiger charge is -2.20. The maximum Gasteiger partial charge on any atom is 0.333 e. The van der Waals surface area contributed by atoms with Gasteiger partial charge in [-0.2, -0.15) is 13.7 Å². The monoisotopic (exact) mass is 432 g/mol. The summed E-state index contributed by atoms with van der Waals surface area (Å²) in [6.07, 6.45) is 0.966. The summed E-state index contributed by atoms with van der Waals surface area (Å²) < 4.78 is 38.4. The Bertz CT molecular complexity index is 1010. The van der Waals surface area contributed by atoms with Gasteiger partial charge < -0.3 is 14.8 Å². The molecule has 0 spiro atoms. The van der Waals surface area contributed by atoms with Crippen LogP contribution >= 0.6 is 0 Å². The van der Waals surface area contributed by atoms with Gasteiger partial charge in [0.15, 0.2) is 6.04 Å². The first-order valence-electron chi connectivity index (χ1n) is 9.30. The van der Waals surface area contributed by atoms with E-state index in [1.54, 1.807) is 49.4 Å². The van der Waals surface area contributed by atoms with E-state index in [9.17, 15) is 13.2 Å². The largest absolute Gasteiger partial charge is 0.494 e. The van der Waals surface area contributed by atoms with E-state index < -0.39 is 22.1 Å². The molecule has 0 aliphatic heterocycles. The van der Waals surface area contributed by atoms with Crippen molar-refractivity contribution in [2.75, 3.05) is 24.8 Å². The van der Waals surface area contributed by atoms with Gasteiger partial charge in [-0.05, 0) is 61.4 Å². The van der Waals surface area contributed by atoms with Gasteiger partial charge >= 0.3 is 5.97 Å². The summed E-state index contributed by atoms with van der Waals surface area (Å²) in [5.74, 6) is -0.0384. The number of hydrogen-bond acceptors (Lipinski definition) is 8. The molecule has 0 heterocycles. The molecule has 0 radical (unpaired) electrons. The van der Waals surface area contributed by atoms with Crippen LogP contribution < -0.4 is 10.1 Å². The van der Waals surface area contributed by atoms with Crippen LogP contribution in [0.15, 0.2) is 42.5 Å². The number of benzene rings is 2. The molecule has 2 aromatic rings. The minimum atomic E-state index is -3.64. The zero-order valence-electron chi connectivity index (χ0n) is 17.0. The third-order valence-electron chi connectivity index (χ3n) is 3.92. The van der Waals surface area contributed by atoms with Crippen molar-refractivity contribution in [1.82, 2.24) is 0 Å². The van der Waals surface area contributed by atoms with Gasteiger partial charge in [0, 0.05) is 5.69 Å². The number of esters is 1. The molecule has 0 aromatic heterocycles. The lowest BCUT2D eigenvalue weighted by atomic mass is 10.0. The highest BCUT2D eigenvalue weighted by Gasteiger charge is 2.23. The van der Waals surface area contributed by atoms with Crippen molar-refractivity contribution in [3.63, 3.8) is 0 Å². The Hall–Kier alpha value is -3.09. The molecule has 0 saturated heterocycles. The molecular weight excluding hydrogens is 408 g/mol. The topological polar surface area (TPSA) is 115 Å². The summed E-state index contributed by atoms with van der Waals surface area (Å²) in [7, 11) is -3.64. The first-order chi connectivity index (χ1) is 14.3. The Balaban J connectivity index is 2.42. The lowest BCUT2D eigenvalue weighted by Crippen LogP contribution is -2.23. The highest BCUT2D eigenvalue weighted by Crippen LogP contribution is 2.27. The predicted octanol–water partition coefficient (Wildman–Crippen LogP) is 3.15. The molecule has 0 aliphatic carbocycles. The number of ether oxygens (including phenoxy) is 2. The summed E-state index contributed by atoms with van der Waals surface area (Å²) in [6, 6.07) is 12.8. The lowest BCUT2D eigenvalue weighted by molar-refractivity contribution is -0.144. The Morgan fingerprint density at radius 1 is 1.13 bits per heavy atom. The molecule has 9 heteroatoms. The maximum absolute atomic E-state index is 12.7. The van der Waals surface area contributed by atoms with Gasteiger partial charge in [-0.1, -0.05) is 6.07 Å². The molecule has 1 N–H and O–H groups in total. The van der Waals surface area contributed by atoms with E-state index in [-0.39, 0.29) is 13.2 Å². The molecule has 0 saturated carbocycles. The fraction of sp³-hybridized carbons (Fsp3) is 0.333. The van der Waals surface area contributed by atoms with Gasteiger partial charge in [-0.15, -0.1) is 0 Å². The molecule has 2 rings (SSSR count). The Morgan fingerprint density at radius 3 is 2.40 bits per heavy atom. The van der Waals surface area contributed by atoms with Crippen LogP contribution in [0.4, 0.5) is 5.69 Å². The van der Waals surface area contributed by atoms with Gasteiger partial charge in [-0.3, -0.25) is 4.18 Å². The number of nitrogens with zero attached hydrogens (tertiary/aromatic N) is 1. The van der Waals surface area contributed by atoms with Crippen LogP contribution in [0.3, 0.4) is 0 Å². The minimum Gasteiger partial charge on any atom is -0.494 e. The molecule has 0 fully saturated rings. The van der Waals surface area contributed by atoms with E-state index >= 15 is 0 Å². The summed E-state index contributed by atoms with van der Waals surface area (Å²) in [6.45, 7) is 3.91. The van der Waals surface area contributed by atoms with E-state index in [1.807, 2.05) is 13.0 Å². The van der Waals surface area contributed by atoms with E-state index in [4.69, 9.17) is 18.9 Å². The molecule has 160 valence electrons. The number of hydrogen-bond donors (Lipinski definition) is 1. The normalized spacial score (nSPS) is 11.9. The molecule has 8 nitrogen and oxygen atoms in total. The number of nitriles is 1. The first kappa shape index (κ1) is 23.2. The van der Waals surface area contributed by atoms with Crippen LogP contribution in [0.2, 0.25) is 0 Å². The van der Waals surface area contributed by atoms with E-state index in [0.29, 0.717) is 34.7 Å². The third kappa shape index (κ3) is 7.06. The smallest absolute Gasteiger partial charge is 0.333 e. The number of carbonyl (C=O) groups is 1. The quantitative estimate of drug-likeness (QED) is 0.450. The predicted molar refractivity (Wildman–Crippen MR) is 111 cm³/mol. The van der Waals surface area contributed by atoms with Crippen LogP contribution in [0.25, 0.3) is 0 Å². The van der Waals surface area contributed by atoms with E-state index in [0.717, 1.165) is 6.26 Å². The molecule has 30 heavy (non-hydrogen) atoms. The van der Waals surface area contributed by atoms with Crippen molar-refractivity contribution in [1.29, 1.82) is 5.26 Å². The van der Waals surface area contributed by atoms with Gasteiger partial charge in [0.2, 0.25) is 0 Å². The standard InChI is InChI=1S/C21H24N2O6S/c1-4-27-19-11-16(14-29-30(3,25)26)10-17(12-19)20(21(24)28-5-2)23-18-8-6-15(13-22)7-9-18/h6-12,20,23H,4-5,14H2,1-3H3. The average Bonchev–Trinajstić information content (AvgIpc) is 2.70. The Labute approximate surface area is 176 Å². The first-order valence-corrected chi connectivity index (χ1v) is 11.1. The zero-order valence-corrected chi connectivity index (χ0v) is 17.9.